The second kappa shape index (κ2) is 21.2. The molecule has 0 saturated heterocycles. The number of anilines is 2. The van der Waals surface area contributed by atoms with Crippen molar-refractivity contribution in [2.75, 3.05) is 38.9 Å². The molecule has 1 aliphatic carbocycles. The maximum atomic E-state index is 14.6. The number of aliphatic carboxylic acids is 2. The van der Waals surface area contributed by atoms with E-state index >= 15 is 0 Å². The molecule has 1 fully saturated rings. The molecule has 2 amide bonds. The number of carboxylic acids is 2. The van der Waals surface area contributed by atoms with Crippen LogP contribution >= 0.6 is 47.1 Å². The smallest absolute Gasteiger partial charge is 0.353 e. The lowest BCUT2D eigenvalue weighted by Gasteiger charge is -2.64. The van der Waals surface area contributed by atoms with Crippen LogP contribution in [0, 0.1) is 0 Å². The van der Waals surface area contributed by atoms with Crippen molar-refractivity contribution < 1.29 is 57.9 Å². The van der Waals surface area contributed by atoms with Crippen LogP contribution in [0.2, 0.25) is 0 Å². The zero-order chi connectivity index (χ0) is 50.3. The van der Waals surface area contributed by atoms with Crippen LogP contribution in [0.25, 0.3) is 0 Å². The Morgan fingerprint density at radius 1 is 0.543 bits per heavy atom. The number of rotatable bonds is 16. The standard InChI is InChI=1S/C48H42N6O12S4/c1-49-45(67)51-29-15-9-25(10-16-29)39(55)53-47(43(59)60)37(27-13-19-31(33(23-27)63-3)65-41(57)35-7-5-21-69-35)48(44(61)62,54-40(56)26-11-17-30(18-12-26)52-46(68)50-2)38(47)28-14-20-32(34(24-28)64-4)66-42(58)36-8-6-22-70-36/h5-24,37-38H,1-4H3,(H,53,55)(H,54,56)(H,59,60)(H,61,62)(H2,49,51,67)(H2,50,52,68). The molecule has 0 atom stereocenters. The van der Waals surface area contributed by atoms with E-state index in [0.29, 0.717) is 11.4 Å². The number of methoxy groups -OCH3 is 2. The molecule has 22 heteroatoms. The van der Waals surface area contributed by atoms with Gasteiger partial charge in [0.15, 0.2) is 44.3 Å². The number of thiocarbonyl (C=S) groups is 2. The van der Waals surface area contributed by atoms with Crippen molar-refractivity contribution in [3.05, 3.63) is 152 Å². The molecule has 1 saturated carbocycles. The average molecular weight is 1020 g/mol. The third kappa shape index (κ3) is 9.83. The van der Waals surface area contributed by atoms with Crippen LogP contribution in [0.4, 0.5) is 11.4 Å². The van der Waals surface area contributed by atoms with E-state index in [9.17, 15) is 39.0 Å². The molecule has 0 aliphatic heterocycles. The summed E-state index contributed by atoms with van der Waals surface area (Å²) in [7, 11) is 5.74. The minimum absolute atomic E-state index is 0.0378. The lowest BCUT2D eigenvalue weighted by atomic mass is 9.43. The second-order valence-electron chi connectivity index (χ2n) is 15.2. The first-order valence-electron chi connectivity index (χ1n) is 20.8. The highest BCUT2D eigenvalue weighted by molar-refractivity contribution is 7.80. The van der Waals surface area contributed by atoms with Crippen LogP contribution in [-0.4, -0.2) is 95.5 Å². The summed E-state index contributed by atoms with van der Waals surface area (Å²) < 4.78 is 22.6. The van der Waals surface area contributed by atoms with Crippen molar-refractivity contribution in [3.8, 4) is 23.0 Å². The molecule has 2 heterocycles. The van der Waals surface area contributed by atoms with Gasteiger partial charge in [0.1, 0.15) is 9.75 Å². The van der Waals surface area contributed by atoms with E-state index < -0.39 is 58.6 Å². The van der Waals surface area contributed by atoms with E-state index in [-0.39, 0.29) is 65.2 Å². The summed E-state index contributed by atoms with van der Waals surface area (Å²) in [5.74, 6) is -11.0. The molecule has 0 unspecified atom stereocenters. The summed E-state index contributed by atoms with van der Waals surface area (Å²) in [4.78, 5) is 85.0. The zero-order valence-electron chi connectivity index (χ0n) is 37.3. The highest BCUT2D eigenvalue weighted by atomic mass is 32.1. The number of esters is 2. The molecule has 2 aromatic heterocycles. The monoisotopic (exact) mass is 1020 g/mol. The van der Waals surface area contributed by atoms with Gasteiger partial charge >= 0.3 is 23.9 Å². The van der Waals surface area contributed by atoms with Crippen LogP contribution < -0.4 is 50.8 Å². The highest BCUT2D eigenvalue weighted by Crippen LogP contribution is 2.64. The zero-order valence-corrected chi connectivity index (χ0v) is 40.6. The first-order valence-corrected chi connectivity index (χ1v) is 23.3. The number of carbonyl (C=O) groups is 6. The Hall–Kier alpha value is -7.92. The Labute approximate surface area is 418 Å². The lowest BCUT2D eigenvalue weighted by Crippen LogP contribution is -2.86. The molecule has 0 radical (unpaired) electrons. The van der Waals surface area contributed by atoms with E-state index in [2.05, 4.69) is 31.9 Å². The fraction of sp³-hybridized carbons (Fsp3) is 0.167. The maximum Gasteiger partial charge on any atom is 0.353 e. The minimum atomic E-state index is -2.66. The number of hydrogen-bond acceptors (Lipinski definition) is 14. The largest absolute Gasteiger partial charge is 0.493 e. The van der Waals surface area contributed by atoms with Crippen molar-refractivity contribution in [3.63, 3.8) is 0 Å². The van der Waals surface area contributed by atoms with Crippen molar-refractivity contribution in [1.82, 2.24) is 21.3 Å². The summed E-state index contributed by atoms with van der Waals surface area (Å²) >= 11 is 12.7. The van der Waals surface area contributed by atoms with Crippen molar-refractivity contribution in [2.45, 2.75) is 22.9 Å². The fourth-order valence-corrected chi connectivity index (χ4v) is 9.63. The number of nitrogens with one attached hydrogen (secondary N) is 6. The van der Waals surface area contributed by atoms with Crippen molar-refractivity contribution in [1.29, 1.82) is 0 Å². The lowest BCUT2D eigenvalue weighted by molar-refractivity contribution is -0.171. The van der Waals surface area contributed by atoms with Gasteiger partial charge in [0.25, 0.3) is 11.8 Å². The molecule has 70 heavy (non-hydrogen) atoms. The third-order valence-electron chi connectivity index (χ3n) is 11.3. The minimum Gasteiger partial charge on any atom is -0.493 e. The number of amides is 2. The summed E-state index contributed by atoms with van der Waals surface area (Å²) in [6.45, 7) is 0. The molecule has 8 N–H and O–H groups in total. The van der Waals surface area contributed by atoms with Gasteiger partial charge in [0, 0.05) is 36.6 Å². The van der Waals surface area contributed by atoms with Gasteiger partial charge in [0.2, 0.25) is 0 Å². The van der Waals surface area contributed by atoms with Gasteiger partial charge in [-0.2, -0.15) is 0 Å². The van der Waals surface area contributed by atoms with E-state index in [1.807, 2.05) is 0 Å². The third-order valence-corrected chi connectivity index (χ3v) is 13.6. The molecule has 0 spiro atoms. The number of thiophene rings is 2. The van der Waals surface area contributed by atoms with Gasteiger partial charge in [-0.15, -0.1) is 22.7 Å². The fourth-order valence-electron chi connectivity index (χ4n) is 8.20. The number of carbonyl (C=O) groups excluding carboxylic acids is 4. The Balaban J connectivity index is 1.43. The SMILES string of the molecule is CNC(=S)Nc1ccc(C(=O)NC2(C(=O)O)C(c3ccc(OC(=O)c4cccs4)c(OC)c3)C(NC(=O)c3ccc(NC(=S)NC)cc3)(C(=O)O)C2c2ccc(OC(=O)c3cccs3)c(OC)c2)cc1. The van der Waals surface area contributed by atoms with Gasteiger partial charge in [0.05, 0.1) is 26.1 Å². The topological polar surface area (TPSA) is 252 Å². The van der Waals surface area contributed by atoms with Crippen molar-refractivity contribution >= 4 is 104 Å². The van der Waals surface area contributed by atoms with Crippen LogP contribution in [0.3, 0.4) is 0 Å². The molecule has 18 nitrogen and oxygen atoms in total. The number of benzene rings is 4. The second-order valence-corrected chi connectivity index (χ2v) is 18.0. The predicted octanol–water partition coefficient (Wildman–Crippen LogP) is 6.49. The first-order chi connectivity index (χ1) is 33.6. The van der Waals surface area contributed by atoms with E-state index in [1.165, 1.54) is 99.1 Å². The van der Waals surface area contributed by atoms with Gasteiger partial charge in [-0.05, 0) is 131 Å². The summed E-state index contributed by atoms with van der Waals surface area (Å²) in [6, 6.07) is 25.9. The average Bonchev–Trinajstić information content (AvgIpc) is 4.11. The highest BCUT2D eigenvalue weighted by Gasteiger charge is 2.80. The quantitative estimate of drug-likeness (QED) is 0.0293. The Kier molecular flexibility index (Phi) is 15.1. The Morgan fingerprint density at radius 2 is 0.914 bits per heavy atom. The predicted molar refractivity (Wildman–Crippen MR) is 269 cm³/mol. The van der Waals surface area contributed by atoms with E-state index in [4.69, 9.17) is 43.4 Å². The molecular weight excluding hydrogens is 981 g/mol. The first kappa shape index (κ1) is 50.0. The molecule has 360 valence electrons. The van der Waals surface area contributed by atoms with Crippen LogP contribution in [-0.2, 0) is 9.59 Å². The molecular formula is C48H42N6O12S4. The number of ether oxygens (including phenoxy) is 4. The summed E-state index contributed by atoms with van der Waals surface area (Å²) in [5, 5.41) is 44.2. The van der Waals surface area contributed by atoms with Gasteiger partial charge in [-0.25, -0.2) is 19.2 Å². The van der Waals surface area contributed by atoms with Gasteiger partial charge in [-0.3, -0.25) is 9.59 Å². The van der Waals surface area contributed by atoms with Crippen LogP contribution in [0.5, 0.6) is 23.0 Å². The van der Waals surface area contributed by atoms with E-state index in [0.717, 1.165) is 22.7 Å². The van der Waals surface area contributed by atoms with Crippen LogP contribution in [0.1, 0.15) is 63.0 Å². The molecule has 7 rings (SSSR count). The number of hydrogen-bond donors (Lipinski definition) is 8. The Bertz CT molecular complexity index is 2780. The van der Waals surface area contributed by atoms with Crippen molar-refractivity contribution in [2.24, 2.45) is 0 Å². The Morgan fingerprint density at radius 3 is 1.21 bits per heavy atom. The number of carboxylic acid groups (broad SMARTS) is 2. The van der Waals surface area contributed by atoms with Gasteiger partial charge in [-0.1, -0.05) is 24.3 Å². The van der Waals surface area contributed by atoms with Crippen LogP contribution in [0.15, 0.2) is 120 Å². The molecule has 0 bridgehead atoms. The van der Waals surface area contributed by atoms with E-state index in [1.54, 1.807) is 49.1 Å². The van der Waals surface area contributed by atoms with Gasteiger partial charge < -0.3 is 61.1 Å². The molecule has 4 aromatic carbocycles. The maximum absolute atomic E-state index is 14.6. The summed E-state index contributed by atoms with van der Waals surface area (Å²) in [6.07, 6.45) is 0. The molecule has 1 aliphatic rings. The normalized spacial score (nSPS) is 17.8. The summed E-state index contributed by atoms with van der Waals surface area (Å²) in [5.41, 5.74) is -4.58. The molecule has 6 aromatic rings.